The molecule has 1 unspecified atom stereocenters. The molecule has 0 fully saturated rings. The van der Waals surface area contributed by atoms with Gasteiger partial charge in [0.05, 0.1) is 6.04 Å². The Morgan fingerprint density at radius 3 is 2.79 bits per heavy atom. The number of nitrogens with two attached hydrogens (primary N) is 1. The zero-order valence-electron chi connectivity index (χ0n) is 9.91. The van der Waals surface area contributed by atoms with Gasteiger partial charge in [-0.25, -0.2) is 4.39 Å². The van der Waals surface area contributed by atoms with Crippen LogP contribution in [0, 0.1) is 9.39 Å². The standard InChI is InChI=1S/C13H12BrFIN3/c14-9-3-8(6-18-7-9)4-13(19-17)11-2-1-10(15)5-12(11)16/h1-3,5-7,13,19H,4,17H2. The second-order valence-corrected chi connectivity index (χ2v) is 6.18. The Labute approximate surface area is 133 Å². The highest BCUT2D eigenvalue weighted by atomic mass is 127. The van der Waals surface area contributed by atoms with E-state index in [1.54, 1.807) is 18.5 Å². The van der Waals surface area contributed by atoms with E-state index in [0.29, 0.717) is 6.42 Å². The predicted octanol–water partition coefficient (Wildman–Crippen LogP) is 3.33. The first kappa shape index (κ1) is 14.8. The summed E-state index contributed by atoms with van der Waals surface area (Å²) in [6.07, 6.45) is 4.21. The summed E-state index contributed by atoms with van der Waals surface area (Å²) in [5.41, 5.74) is 4.81. The molecule has 2 rings (SSSR count). The molecule has 0 bridgehead atoms. The first-order chi connectivity index (χ1) is 9.10. The Hall–Kier alpha value is -0.570. The molecule has 0 amide bonds. The van der Waals surface area contributed by atoms with Gasteiger partial charge >= 0.3 is 0 Å². The largest absolute Gasteiger partial charge is 0.271 e. The lowest BCUT2D eigenvalue weighted by atomic mass is 10.0. The van der Waals surface area contributed by atoms with E-state index >= 15 is 0 Å². The molecule has 19 heavy (non-hydrogen) atoms. The summed E-state index contributed by atoms with van der Waals surface area (Å²) in [4.78, 5) is 4.12. The van der Waals surface area contributed by atoms with E-state index in [4.69, 9.17) is 5.84 Å². The number of rotatable bonds is 4. The highest BCUT2D eigenvalue weighted by molar-refractivity contribution is 14.1. The molecule has 1 heterocycles. The van der Waals surface area contributed by atoms with Crippen molar-refractivity contribution in [3.63, 3.8) is 0 Å². The van der Waals surface area contributed by atoms with Crippen molar-refractivity contribution in [3.05, 3.63) is 61.6 Å². The smallest absolute Gasteiger partial charge is 0.124 e. The van der Waals surface area contributed by atoms with Crippen LogP contribution in [0.15, 0.2) is 41.1 Å². The van der Waals surface area contributed by atoms with Gasteiger partial charge in [0, 0.05) is 20.4 Å². The zero-order valence-corrected chi connectivity index (χ0v) is 13.7. The second kappa shape index (κ2) is 6.74. The average molecular weight is 436 g/mol. The SMILES string of the molecule is NNC(Cc1cncc(Br)c1)c1ccc(F)cc1I. The highest BCUT2D eigenvalue weighted by Gasteiger charge is 2.14. The third-order valence-electron chi connectivity index (χ3n) is 2.74. The lowest BCUT2D eigenvalue weighted by molar-refractivity contribution is 0.546. The first-order valence-corrected chi connectivity index (χ1v) is 7.48. The van der Waals surface area contributed by atoms with Crippen LogP contribution in [-0.2, 0) is 6.42 Å². The van der Waals surface area contributed by atoms with Gasteiger partial charge in [-0.05, 0) is 74.3 Å². The van der Waals surface area contributed by atoms with E-state index in [1.807, 2.05) is 6.07 Å². The van der Waals surface area contributed by atoms with Crippen LogP contribution in [-0.4, -0.2) is 4.98 Å². The molecule has 3 N–H and O–H groups in total. The summed E-state index contributed by atoms with van der Waals surface area (Å²) in [5.74, 6) is 5.38. The van der Waals surface area contributed by atoms with Gasteiger partial charge in [0.1, 0.15) is 5.82 Å². The molecule has 1 aromatic heterocycles. The number of hydrogen-bond donors (Lipinski definition) is 2. The van der Waals surface area contributed by atoms with Gasteiger partial charge in [-0.2, -0.15) is 0 Å². The fourth-order valence-electron chi connectivity index (χ4n) is 1.85. The summed E-state index contributed by atoms with van der Waals surface area (Å²) >= 11 is 5.50. The highest BCUT2D eigenvalue weighted by Crippen LogP contribution is 2.24. The van der Waals surface area contributed by atoms with Crippen LogP contribution in [0.2, 0.25) is 0 Å². The third-order valence-corrected chi connectivity index (χ3v) is 4.11. The van der Waals surface area contributed by atoms with Gasteiger partial charge < -0.3 is 0 Å². The molecule has 0 aliphatic carbocycles. The van der Waals surface area contributed by atoms with Gasteiger partial charge in [-0.3, -0.25) is 16.3 Å². The minimum Gasteiger partial charge on any atom is -0.271 e. The Kier molecular flexibility index (Phi) is 5.26. The number of nitrogens with one attached hydrogen (secondary N) is 1. The average Bonchev–Trinajstić information content (AvgIpc) is 2.37. The van der Waals surface area contributed by atoms with Gasteiger partial charge in [-0.15, -0.1) is 0 Å². The van der Waals surface area contributed by atoms with Crippen molar-refractivity contribution in [2.45, 2.75) is 12.5 Å². The fraction of sp³-hybridized carbons (Fsp3) is 0.154. The van der Waals surface area contributed by atoms with Gasteiger partial charge in [0.2, 0.25) is 0 Å². The summed E-state index contributed by atoms with van der Waals surface area (Å²) < 4.78 is 14.9. The molecule has 100 valence electrons. The predicted molar refractivity (Wildman–Crippen MR) is 84.8 cm³/mol. The number of hydrogen-bond acceptors (Lipinski definition) is 3. The van der Waals surface area contributed by atoms with Gasteiger partial charge in [-0.1, -0.05) is 6.07 Å². The van der Waals surface area contributed by atoms with Crippen molar-refractivity contribution >= 4 is 38.5 Å². The van der Waals surface area contributed by atoms with Crippen molar-refractivity contribution in [2.75, 3.05) is 0 Å². The molecule has 0 spiro atoms. The summed E-state index contributed by atoms with van der Waals surface area (Å²) in [7, 11) is 0. The third kappa shape index (κ3) is 3.95. The number of pyridine rings is 1. The van der Waals surface area contributed by atoms with Crippen LogP contribution in [0.4, 0.5) is 4.39 Å². The van der Waals surface area contributed by atoms with Crippen LogP contribution in [0.3, 0.4) is 0 Å². The Bertz CT molecular complexity index is 580. The summed E-state index contributed by atoms with van der Waals surface area (Å²) in [5, 5.41) is 0. The number of hydrazine groups is 1. The van der Waals surface area contributed by atoms with Gasteiger partial charge in [0.15, 0.2) is 0 Å². The maximum atomic E-state index is 13.1. The molecule has 3 nitrogen and oxygen atoms in total. The fourth-order valence-corrected chi connectivity index (χ4v) is 3.11. The molecule has 0 aliphatic heterocycles. The van der Waals surface area contributed by atoms with Crippen molar-refractivity contribution in [3.8, 4) is 0 Å². The maximum absolute atomic E-state index is 13.1. The molecule has 0 saturated carbocycles. The molecule has 6 heteroatoms. The molecule has 1 atom stereocenters. The number of halogens is 3. The lowest BCUT2D eigenvalue weighted by Crippen LogP contribution is -2.30. The zero-order chi connectivity index (χ0) is 13.8. The molecular formula is C13H12BrFIN3. The maximum Gasteiger partial charge on any atom is 0.124 e. The number of aromatic nitrogens is 1. The van der Waals surface area contributed by atoms with E-state index in [1.165, 1.54) is 12.1 Å². The quantitative estimate of drug-likeness (QED) is 0.440. The van der Waals surface area contributed by atoms with Crippen molar-refractivity contribution in [1.82, 2.24) is 10.4 Å². The lowest BCUT2D eigenvalue weighted by Gasteiger charge is -2.18. The Morgan fingerprint density at radius 2 is 2.16 bits per heavy atom. The Balaban J connectivity index is 2.25. The van der Waals surface area contributed by atoms with Crippen molar-refractivity contribution in [1.29, 1.82) is 0 Å². The van der Waals surface area contributed by atoms with Crippen LogP contribution >= 0.6 is 38.5 Å². The van der Waals surface area contributed by atoms with Crippen molar-refractivity contribution in [2.24, 2.45) is 5.84 Å². The van der Waals surface area contributed by atoms with E-state index in [-0.39, 0.29) is 11.9 Å². The monoisotopic (exact) mass is 435 g/mol. The summed E-state index contributed by atoms with van der Waals surface area (Å²) in [6, 6.07) is 6.62. The topological polar surface area (TPSA) is 50.9 Å². The Morgan fingerprint density at radius 1 is 1.37 bits per heavy atom. The molecule has 0 radical (unpaired) electrons. The number of benzene rings is 1. The summed E-state index contributed by atoms with van der Waals surface area (Å²) in [6.45, 7) is 0. The van der Waals surface area contributed by atoms with Gasteiger partial charge in [0.25, 0.3) is 0 Å². The number of nitrogens with zero attached hydrogens (tertiary/aromatic N) is 1. The van der Waals surface area contributed by atoms with Crippen LogP contribution in [0.25, 0.3) is 0 Å². The van der Waals surface area contributed by atoms with E-state index < -0.39 is 0 Å². The van der Waals surface area contributed by atoms with E-state index in [0.717, 1.165) is 19.2 Å². The second-order valence-electron chi connectivity index (χ2n) is 4.10. The van der Waals surface area contributed by atoms with E-state index in [2.05, 4.69) is 48.9 Å². The molecule has 0 saturated heterocycles. The van der Waals surface area contributed by atoms with Crippen LogP contribution in [0.1, 0.15) is 17.2 Å². The van der Waals surface area contributed by atoms with Crippen LogP contribution in [0.5, 0.6) is 0 Å². The normalized spacial score (nSPS) is 12.4. The van der Waals surface area contributed by atoms with E-state index in [9.17, 15) is 4.39 Å². The van der Waals surface area contributed by atoms with Crippen LogP contribution < -0.4 is 11.3 Å². The molecule has 1 aromatic carbocycles. The molecule has 2 aromatic rings. The minimum atomic E-state index is -0.243. The van der Waals surface area contributed by atoms with Crippen molar-refractivity contribution < 1.29 is 4.39 Å². The molecule has 0 aliphatic rings. The first-order valence-electron chi connectivity index (χ1n) is 5.60. The minimum absolute atomic E-state index is 0.0800. The molecular weight excluding hydrogens is 424 g/mol.